The molecule has 2 heterocycles. The third-order valence-electron chi connectivity index (χ3n) is 2.96. The van der Waals surface area contributed by atoms with Crippen molar-refractivity contribution < 1.29 is 4.39 Å². The lowest BCUT2D eigenvalue weighted by Gasteiger charge is -2.08. The lowest BCUT2D eigenvalue weighted by atomic mass is 10.3. The molecule has 0 radical (unpaired) electrons. The normalized spacial score (nSPS) is 10.2. The van der Waals surface area contributed by atoms with Gasteiger partial charge in [-0.15, -0.1) is 0 Å². The largest absolute Gasteiger partial charge is 0.366 e. The zero-order chi connectivity index (χ0) is 15.2. The Bertz CT molecular complexity index is 748. The maximum Gasteiger partial charge on any atom is 0.229 e. The van der Waals surface area contributed by atoms with Gasteiger partial charge in [0.2, 0.25) is 5.95 Å². The smallest absolute Gasteiger partial charge is 0.229 e. The van der Waals surface area contributed by atoms with Crippen LogP contribution in [0.5, 0.6) is 0 Å². The fourth-order valence-corrected chi connectivity index (χ4v) is 1.91. The van der Waals surface area contributed by atoms with E-state index >= 15 is 0 Å². The number of pyridine rings is 1. The average molecular weight is 295 g/mol. The minimum absolute atomic E-state index is 0.308. The van der Waals surface area contributed by atoms with Crippen LogP contribution in [-0.2, 0) is 6.54 Å². The summed E-state index contributed by atoms with van der Waals surface area (Å²) in [5.74, 6) is 0.785. The Hall–Kier alpha value is -3.02. The van der Waals surface area contributed by atoms with Gasteiger partial charge in [0, 0.05) is 30.8 Å². The van der Waals surface area contributed by atoms with E-state index in [9.17, 15) is 4.39 Å². The molecule has 0 saturated carbocycles. The van der Waals surface area contributed by atoms with E-state index in [1.807, 2.05) is 12.1 Å². The molecule has 0 unspecified atom stereocenters. The van der Waals surface area contributed by atoms with E-state index in [0.717, 1.165) is 5.56 Å². The Labute approximate surface area is 127 Å². The van der Waals surface area contributed by atoms with Gasteiger partial charge >= 0.3 is 0 Å². The van der Waals surface area contributed by atoms with Crippen molar-refractivity contribution in [1.82, 2.24) is 15.0 Å². The number of rotatable bonds is 5. The molecule has 1 aromatic carbocycles. The second kappa shape index (κ2) is 6.62. The molecular formula is C16H14FN5. The van der Waals surface area contributed by atoms with Gasteiger partial charge < -0.3 is 10.6 Å². The SMILES string of the molecule is Fc1cccc(Nc2nccc(NCc3ccncc3)n2)c1. The van der Waals surface area contributed by atoms with E-state index in [1.54, 1.807) is 36.8 Å². The zero-order valence-electron chi connectivity index (χ0n) is 11.7. The number of nitrogens with zero attached hydrogens (tertiary/aromatic N) is 3. The van der Waals surface area contributed by atoms with Gasteiger partial charge in [0.15, 0.2) is 0 Å². The molecule has 22 heavy (non-hydrogen) atoms. The molecule has 0 aliphatic rings. The quantitative estimate of drug-likeness (QED) is 0.755. The van der Waals surface area contributed by atoms with Gasteiger partial charge in [-0.1, -0.05) is 6.07 Å². The molecule has 2 N–H and O–H groups in total. The molecule has 2 aromatic heterocycles. The molecule has 3 aromatic rings. The van der Waals surface area contributed by atoms with Crippen molar-refractivity contribution in [2.75, 3.05) is 10.6 Å². The van der Waals surface area contributed by atoms with Gasteiger partial charge in [-0.2, -0.15) is 4.98 Å². The van der Waals surface area contributed by atoms with E-state index in [1.165, 1.54) is 12.1 Å². The molecule has 3 rings (SSSR count). The highest BCUT2D eigenvalue weighted by Crippen LogP contribution is 2.15. The predicted molar refractivity (Wildman–Crippen MR) is 83.3 cm³/mol. The van der Waals surface area contributed by atoms with Crippen LogP contribution in [0.25, 0.3) is 0 Å². The van der Waals surface area contributed by atoms with Crippen LogP contribution in [-0.4, -0.2) is 15.0 Å². The number of aromatic nitrogens is 3. The Morgan fingerprint density at radius 1 is 1.00 bits per heavy atom. The van der Waals surface area contributed by atoms with Crippen LogP contribution in [0.2, 0.25) is 0 Å². The molecule has 0 aliphatic heterocycles. The maximum absolute atomic E-state index is 13.2. The van der Waals surface area contributed by atoms with Crippen molar-refractivity contribution in [3.05, 3.63) is 72.4 Å². The molecule has 0 saturated heterocycles. The van der Waals surface area contributed by atoms with E-state index in [2.05, 4.69) is 25.6 Å². The van der Waals surface area contributed by atoms with Crippen LogP contribution in [0.4, 0.5) is 21.8 Å². The molecule has 0 spiro atoms. The molecule has 0 aliphatic carbocycles. The minimum atomic E-state index is -0.308. The van der Waals surface area contributed by atoms with Crippen LogP contribution >= 0.6 is 0 Å². The van der Waals surface area contributed by atoms with E-state index in [4.69, 9.17) is 0 Å². The van der Waals surface area contributed by atoms with Crippen LogP contribution < -0.4 is 10.6 Å². The fraction of sp³-hybridized carbons (Fsp3) is 0.0625. The molecule has 5 nitrogen and oxygen atoms in total. The first-order chi connectivity index (χ1) is 10.8. The summed E-state index contributed by atoms with van der Waals surface area (Å²) in [6.07, 6.45) is 5.13. The number of benzene rings is 1. The average Bonchev–Trinajstić information content (AvgIpc) is 2.54. The molecular weight excluding hydrogens is 281 g/mol. The summed E-state index contributed by atoms with van der Waals surface area (Å²) < 4.78 is 13.2. The third kappa shape index (κ3) is 3.76. The molecule has 6 heteroatoms. The van der Waals surface area contributed by atoms with Gasteiger partial charge in [0.05, 0.1) is 0 Å². The summed E-state index contributed by atoms with van der Waals surface area (Å²) in [5, 5.41) is 6.18. The summed E-state index contributed by atoms with van der Waals surface area (Å²) >= 11 is 0. The standard InChI is InChI=1S/C16H14FN5/c17-13-2-1-3-14(10-13)21-16-19-9-6-15(22-16)20-11-12-4-7-18-8-5-12/h1-10H,11H2,(H2,19,20,21,22). The number of halogens is 1. The van der Waals surface area contributed by atoms with Gasteiger partial charge in [-0.25, -0.2) is 9.37 Å². The van der Waals surface area contributed by atoms with Crippen molar-refractivity contribution in [1.29, 1.82) is 0 Å². The van der Waals surface area contributed by atoms with Crippen molar-refractivity contribution in [2.24, 2.45) is 0 Å². The number of anilines is 3. The summed E-state index contributed by atoms with van der Waals surface area (Å²) in [5.41, 5.74) is 1.71. The number of hydrogen-bond acceptors (Lipinski definition) is 5. The van der Waals surface area contributed by atoms with Crippen molar-refractivity contribution >= 4 is 17.5 Å². The predicted octanol–water partition coefficient (Wildman–Crippen LogP) is 3.37. The lowest BCUT2D eigenvalue weighted by Crippen LogP contribution is -2.04. The second-order valence-corrected chi connectivity index (χ2v) is 4.61. The van der Waals surface area contributed by atoms with Gasteiger partial charge in [-0.3, -0.25) is 4.98 Å². The monoisotopic (exact) mass is 295 g/mol. The highest BCUT2D eigenvalue weighted by molar-refractivity contribution is 5.54. The Morgan fingerprint density at radius 3 is 2.68 bits per heavy atom. The van der Waals surface area contributed by atoms with Crippen LogP contribution in [0.3, 0.4) is 0 Å². The topological polar surface area (TPSA) is 62.7 Å². The first-order valence-corrected chi connectivity index (χ1v) is 6.78. The number of nitrogens with one attached hydrogen (secondary N) is 2. The fourth-order valence-electron chi connectivity index (χ4n) is 1.91. The Morgan fingerprint density at radius 2 is 1.86 bits per heavy atom. The van der Waals surface area contributed by atoms with Crippen molar-refractivity contribution in [2.45, 2.75) is 6.54 Å². The first kappa shape index (κ1) is 13.9. The summed E-state index contributed by atoms with van der Waals surface area (Å²) in [6.45, 7) is 0.638. The van der Waals surface area contributed by atoms with Crippen LogP contribution in [0.1, 0.15) is 5.56 Å². The maximum atomic E-state index is 13.2. The third-order valence-corrected chi connectivity index (χ3v) is 2.96. The number of hydrogen-bond donors (Lipinski definition) is 2. The highest BCUT2D eigenvalue weighted by atomic mass is 19.1. The van der Waals surface area contributed by atoms with E-state index in [-0.39, 0.29) is 5.82 Å². The van der Waals surface area contributed by atoms with E-state index in [0.29, 0.717) is 24.0 Å². The van der Waals surface area contributed by atoms with Gasteiger partial charge in [0.25, 0.3) is 0 Å². The molecule has 0 amide bonds. The first-order valence-electron chi connectivity index (χ1n) is 6.78. The molecule has 0 bridgehead atoms. The van der Waals surface area contributed by atoms with E-state index < -0.39 is 0 Å². The highest BCUT2D eigenvalue weighted by Gasteiger charge is 2.01. The van der Waals surface area contributed by atoms with Gasteiger partial charge in [-0.05, 0) is 42.0 Å². The summed E-state index contributed by atoms with van der Waals surface area (Å²) in [7, 11) is 0. The van der Waals surface area contributed by atoms with Crippen LogP contribution in [0.15, 0.2) is 61.1 Å². The Kier molecular flexibility index (Phi) is 4.20. The van der Waals surface area contributed by atoms with Crippen molar-refractivity contribution in [3.63, 3.8) is 0 Å². The minimum Gasteiger partial charge on any atom is -0.366 e. The Balaban J connectivity index is 1.67. The van der Waals surface area contributed by atoms with Crippen LogP contribution in [0, 0.1) is 5.82 Å². The molecule has 0 fully saturated rings. The summed E-state index contributed by atoms with van der Waals surface area (Å²) in [6, 6.07) is 11.8. The second-order valence-electron chi connectivity index (χ2n) is 4.61. The molecule has 110 valence electrons. The lowest BCUT2D eigenvalue weighted by molar-refractivity contribution is 0.628. The van der Waals surface area contributed by atoms with Gasteiger partial charge in [0.1, 0.15) is 11.6 Å². The zero-order valence-corrected chi connectivity index (χ0v) is 11.7. The van der Waals surface area contributed by atoms with Crippen molar-refractivity contribution in [3.8, 4) is 0 Å². The summed E-state index contributed by atoms with van der Waals surface area (Å²) in [4.78, 5) is 12.4. The molecule has 0 atom stereocenters.